The van der Waals surface area contributed by atoms with Crippen LogP contribution < -0.4 is 15.0 Å². The third kappa shape index (κ3) is 2.53. The highest BCUT2D eigenvalue weighted by molar-refractivity contribution is 5.61. The molecule has 1 N–H and O–H groups in total. The van der Waals surface area contributed by atoms with Gasteiger partial charge in [-0.15, -0.1) is 0 Å². The third-order valence-corrected chi connectivity index (χ3v) is 2.79. The van der Waals surface area contributed by atoms with Crippen molar-refractivity contribution in [1.29, 1.82) is 0 Å². The zero-order valence-electron chi connectivity index (χ0n) is 10.8. The maximum Gasteiger partial charge on any atom is 0.135 e. The molecule has 4 nitrogen and oxygen atoms in total. The van der Waals surface area contributed by atoms with Gasteiger partial charge >= 0.3 is 0 Å². The maximum atomic E-state index is 5.15. The molecule has 2 aromatic rings. The molecule has 1 heterocycles. The molecule has 4 heteroatoms. The summed E-state index contributed by atoms with van der Waals surface area (Å²) in [6.07, 6.45) is 0. The summed E-state index contributed by atoms with van der Waals surface area (Å²) < 4.78 is 5.15. The molecule has 0 spiro atoms. The molecular formula is C14H17N3O. The first-order chi connectivity index (χ1) is 8.74. The Morgan fingerprint density at radius 1 is 1.11 bits per heavy atom. The van der Waals surface area contributed by atoms with E-state index >= 15 is 0 Å². The molecule has 2 rings (SSSR count). The van der Waals surface area contributed by atoms with Gasteiger partial charge in [0.25, 0.3) is 0 Å². The summed E-state index contributed by atoms with van der Waals surface area (Å²) in [6, 6.07) is 13.8. The van der Waals surface area contributed by atoms with Gasteiger partial charge in [-0.25, -0.2) is 4.98 Å². The monoisotopic (exact) mass is 243 g/mol. The molecule has 0 radical (unpaired) electrons. The van der Waals surface area contributed by atoms with Gasteiger partial charge in [-0.2, -0.15) is 0 Å². The summed E-state index contributed by atoms with van der Waals surface area (Å²) >= 11 is 0. The number of nitrogens with one attached hydrogen (secondary N) is 1. The Balaban J connectivity index is 2.25. The Bertz CT molecular complexity index is 511. The Morgan fingerprint density at radius 2 is 1.83 bits per heavy atom. The topological polar surface area (TPSA) is 37.4 Å². The Morgan fingerprint density at radius 3 is 2.44 bits per heavy atom. The molecule has 0 aliphatic carbocycles. The average molecular weight is 243 g/mol. The lowest BCUT2D eigenvalue weighted by molar-refractivity contribution is 0.415. The van der Waals surface area contributed by atoms with Crippen LogP contribution in [0.1, 0.15) is 0 Å². The lowest BCUT2D eigenvalue weighted by atomic mass is 10.2. The fraction of sp³-hybridized carbons (Fsp3) is 0.214. The zero-order chi connectivity index (χ0) is 13.0. The number of methoxy groups -OCH3 is 1. The van der Waals surface area contributed by atoms with Crippen LogP contribution in [0.3, 0.4) is 0 Å². The van der Waals surface area contributed by atoms with Crippen LogP contribution in [0.15, 0.2) is 42.5 Å². The standard InChI is InChI=1S/C14H17N3O/c1-15-13-5-4-6-14(16-13)17(2)11-7-9-12(18-3)10-8-11/h4-10H,1-3H3,(H,15,16). The van der Waals surface area contributed by atoms with Crippen LogP contribution in [-0.2, 0) is 0 Å². The van der Waals surface area contributed by atoms with Gasteiger partial charge in [0.2, 0.25) is 0 Å². The molecule has 0 aliphatic heterocycles. The van der Waals surface area contributed by atoms with Gasteiger partial charge in [0.05, 0.1) is 7.11 Å². The van der Waals surface area contributed by atoms with Gasteiger partial charge in [-0.1, -0.05) is 6.07 Å². The summed E-state index contributed by atoms with van der Waals surface area (Å²) in [7, 11) is 5.51. The predicted molar refractivity (Wildman–Crippen MR) is 74.8 cm³/mol. The number of anilines is 3. The van der Waals surface area contributed by atoms with E-state index in [0.717, 1.165) is 23.1 Å². The molecule has 0 unspecified atom stereocenters. The molecule has 1 aromatic carbocycles. The predicted octanol–water partition coefficient (Wildman–Crippen LogP) is 2.90. The first-order valence-corrected chi connectivity index (χ1v) is 5.77. The van der Waals surface area contributed by atoms with E-state index in [-0.39, 0.29) is 0 Å². The van der Waals surface area contributed by atoms with Crippen LogP contribution in [0.4, 0.5) is 17.3 Å². The van der Waals surface area contributed by atoms with Crippen LogP contribution in [0.25, 0.3) is 0 Å². The summed E-state index contributed by atoms with van der Waals surface area (Å²) in [4.78, 5) is 6.52. The summed E-state index contributed by atoms with van der Waals surface area (Å²) in [6.45, 7) is 0. The molecule has 0 saturated heterocycles. The minimum absolute atomic E-state index is 0.851. The number of hydrogen-bond donors (Lipinski definition) is 1. The highest BCUT2D eigenvalue weighted by Crippen LogP contribution is 2.24. The van der Waals surface area contributed by atoms with Gasteiger partial charge < -0.3 is 15.0 Å². The number of rotatable bonds is 4. The van der Waals surface area contributed by atoms with E-state index in [0.29, 0.717) is 0 Å². The first kappa shape index (κ1) is 12.2. The molecule has 0 amide bonds. The smallest absolute Gasteiger partial charge is 0.135 e. The Kier molecular flexibility index (Phi) is 3.67. The van der Waals surface area contributed by atoms with E-state index in [4.69, 9.17) is 4.74 Å². The van der Waals surface area contributed by atoms with Gasteiger partial charge in [-0.05, 0) is 36.4 Å². The Labute approximate surface area is 107 Å². The molecule has 0 saturated carbocycles. The highest BCUT2D eigenvalue weighted by atomic mass is 16.5. The fourth-order valence-corrected chi connectivity index (χ4v) is 1.69. The van der Waals surface area contributed by atoms with Gasteiger partial charge in [0, 0.05) is 19.8 Å². The number of aromatic nitrogens is 1. The number of benzene rings is 1. The van der Waals surface area contributed by atoms with Crippen molar-refractivity contribution in [1.82, 2.24) is 4.98 Å². The number of nitrogens with zero attached hydrogens (tertiary/aromatic N) is 2. The van der Waals surface area contributed by atoms with Crippen molar-refractivity contribution in [2.45, 2.75) is 0 Å². The average Bonchev–Trinajstić information content (AvgIpc) is 2.46. The summed E-state index contributed by atoms with van der Waals surface area (Å²) in [5, 5.41) is 3.03. The molecule has 1 aromatic heterocycles. The zero-order valence-corrected chi connectivity index (χ0v) is 10.8. The van der Waals surface area contributed by atoms with E-state index in [1.165, 1.54) is 0 Å². The van der Waals surface area contributed by atoms with Crippen molar-refractivity contribution in [2.75, 3.05) is 31.4 Å². The molecule has 0 aliphatic rings. The van der Waals surface area contributed by atoms with E-state index in [9.17, 15) is 0 Å². The minimum Gasteiger partial charge on any atom is -0.497 e. The second-order valence-electron chi connectivity index (χ2n) is 3.89. The highest BCUT2D eigenvalue weighted by Gasteiger charge is 2.05. The molecule has 94 valence electrons. The van der Waals surface area contributed by atoms with Gasteiger partial charge in [0.15, 0.2) is 0 Å². The fourth-order valence-electron chi connectivity index (χ4n) is 1.69. The number of ether oxygens (including phenoxy) is 1. The van der Waals surface area contributed by atoms with Crippen LogP contribution in [0.2, 0.25) is 0 Å². The quantitative estimate of drug-likeness (QED) is 0.896. The van der Waals surface area contributed by atoms with E-state index in [1.54, 1.807) is 7.11 Å². The van der Waals surface area contributed by atoms with E-state index in [1.807, 2.05) is 61.5 Å². The SMILES string of the molecule is CNc1cccc(N(C)c2ccc(OC)cc2)n1. The molecular weight excluding hydrogens is 226 g/mol. The van der Waals surface area contributed by atoms with Crippen molar-refractivity contribution in [3.05, 3.63) is 42.5 Å². The number of pyridine rings is 1. The summed E-state index contributed by atoms with van der Waals surface area (Å²) in [5.41, 5.74) is 1.07. The summed E-state index contributed by atoms with van der Waals surface area (Å²) in [5.74, 6) is 2.60. The lowest BCUT2D eigenvalue weighted by Crippen LogP contribution is -2.11. The van der Waals surface area contributed by atoms with Crippen molar-refractivity contribution < 1.29 is 4.74 Å². The normalized spacial score (nSPS) is 9.94. The second kappa shape index (κ2) is 5.40. The first-order valence-electron chi connectivity index (χ1n) is 5.77. The number of hydrogen-bond acceptors (Lipinski definition) is 4. The van der Waals surface area contributed by atoms with Crippen molar-refractivity contribution in [3.63, 3.8) is 0 Å². The van der Waals surface area contributed by atoms with E-state index < -0.39 is 0 Å². The van der Waals surface area contributed by atoms with Crippen LogP contribution in [0.5, 0.6) is 5.75 Å². The molecule has 18 heavy (non-hydrogen) atoms. The molecule has 0 bridgehead atoms. The lowest BCUT2D eigenvalue weighted by Gasteiger charge is -2.19. The second-order valence-corrected chi connectivity index (χ2v) is 3.89. The molecule has 0 fully saturated rings. The van der Waals surface area contributed by atoms with Crippen molar-refractivity contribution >= 4 is 17.3 Å². The largest absolute Gasteiger partial charge is 0.497 e. The van der Waals surface area contributed by atoms with E-state index in [2.05, 4.69) is 10.3 Å². The van der Waals surface area contributed by atoms with Gasteiger partial charge in [-0.3, -0.25) is 0 Å². The Hall–Kier alpha value is -2.23. The van der Waals surface area contributed by atoms with Crippen molar-refractivity contribution in [3.8, 4) is 5.75 Å². The van der Waals surface area contributed by atoms with Crippen LogP contribution in [-0.4, -0.2) is 26.2 Å². The van der Waals surface area contributed by atoms with Crippen LogP contribution in [0, 0.1) is 0 Å². The minimum atomic E-state index is 0.851. The van der Waals surface area contributed by atoms with Crippen LogP contribution >= 0.6 is 0 Å². The molecule has 0 atom stereocenters. The van der Waals surface area contributed by atoms with Gasteiger partial charge in [0.1, 0.15) is 17.4 Å². The van der Waals surface area contributed by atoms with Crippen molar-refractivity contribution in [2.24, 2.45) is 0 Å². The third-order valence-electron chi connectivity index (χ3n) is 2.79. The maximum absolute atomic E-state index is 5.15.